The quantitative estimate of drug-likeness (QED) is 0.853. The van der Waals surface area contributed by atoms with Gasteiger partial charge in [0, 0.05) is 25.5 Å². The molecule has 2 aromatic rings. The Morgan fingerprint density at radius 3 is 3.09 bits per heavy atom. The number of nitrogens with one attached hydrogen (secondary N) is 2. The van der Waals surface area contributed by atoms with Gasteiger partial charge in [-0.05, 0) is 30.4 Å². The molecule has 5 heteroatoms. The van der Waals surface area contributed by atoms with Crippen LogP contribution in [0.2, 0.25) is 0 Å². The van der Waals surface area contributed by atoms with Gasteiger partial charge in [-0.25, -0.2) is 9.78 Å². The molecule has 1 aliphatic carbocycles. The summed E-state index contributed by atoms with van der Waals surface area (Å²) in [5, 5.41) is 6.04. The number of aryl methyl sites for hydroxylation is 1. The third-order valence-corrected chi connectivity index (χ3v) is 4.14. The third kappa shape index (κ3) is 3.67. The van der Waals surface area contributed by atoms with Crippen LogP contribution in [0.5, 0.6) is 0 Å². The van der Waals surface area contributed by atoms with Crippen molar-refractivity contribution in [2.45, 2.75) is 38.3 Å². The summed E-state index contributed by atoms with van der Waals surface area (Å²) in [6.07, 6.45) is 9.83. The number of benzene rings is 1. The van der Waals surface area contributed by atoms with Gasteiger partial charge in [-0.2, -0.15) is 0 Å². The number of aromatic nitrogens is 2. The molecule has 0 saturated heterocycles. The van der Waals surface area contributed by atoms with Crippen LogP contribution in [-0.2, 0) is 13.0 Å². The predicted molar refractivity (Wildman–Crippen MR) is 85.5 cm³/mol. The molecule has 1 aromatic heterocycles. The van der Waals surface area contributed by atoms with Crippen molar-refractivity contribution in [1.82, 2.24) is 20.2 Å². The second kappa shape index (κ2) is 7.11. The normalized spacial score (nSPS) is 17.4. The van der Waals surface area contributed by atoms with Crippen LogP contribution < -0.4 is 10.6 Å². The van der Waals surface area contributed by atoms with E-state index in [1.807, 2.05) is 10.8 Å². The molecule has 1 aromatic carbocycles. The van der Waals surface area contributed by atoms with Crippen LogP contribution in [0.4, 0.5) is 4.79 Å². The van der Waals surface area contributed by atoms with Crippen molar-refractivity contribution in [2.24, 2.45) is 0 Å². The van der Waals surface area contributed by atoms with E-state index in [1.165, 1.54) is 17.5 Å². The standard InChI is InChI=1S/C17H22N4O/c22-17(19-10-12-21-11-9-18-13-21)20-16-8-4-2-6-14-5-1-3-7-15(14)16/h1,3,5,7,9,11,13,16H,2,4,6,8,10,12H2,(H2,19,20,22)/t16-/m0/s1. The van der Waals surface area contributed by atoms with Crippen molar-refractivity contribution < 1.29 is 4.79 Å². The Hall–Kier alpha value is -2.30. The summed E-state index contributed by atoms with van der Waals surface area (Å²) < 4.78 is 1.95. The average Bonchev–Trinajstić information content (AvgIpc) is 2.96. The summed E-state index contributed by atoms with van der Waals surface area (Å²) in [5.41, 5.74) is 2.63. The van der Waals surface area contributed by atoms with Gasteiger partial charge in [-0.3, -0.25) is 0 Å². The van der Waals surface area contributed by atoms with E-state index in [0.29, 0.717) is 6.54 Å². The molecule has 1 aliphatic rings. The molecule has 0 unspecified atom stereocenters. The van der Waals surface area contributed by atoms with E-state index in [1.54, 1.807) is 12.5 Å². The van der Waals surface area contributed by atoms with E-state index < -0.39 is 0 Å². The molecule has 22 heavy (non-hydrogen) atoms. The van der Waals surface area contributed by atoms with Crippen LogP contribution in [0.15, 0.2) is 43.0 Å². The van der Waals surface area contributed by atoms with E-state index in [4.69, 9.17) is 0 Å². The highest BCUT2D eigenvalue weighted by atomic mass is 16.2. The van der Waals surface area contributed by atoms with Crippen LogP contribution in [0.3, 0.4) is 0 Å². The lowest BCUT2D eigenvalue weighted by Crippen LogP contribution is -2.39. The first-order valence-corrected chi connectivity index (χ1v) is 7.91. The maximum absolute atomic E-state index is 12.1. The van der Waals surface area contributed by atoms with Gasteiger partial charge in [0.1, 0.15) is 0 Å². The first-order valence-electron chi connectivity index (χ1n) is 7.91. The van der Waals surface area contributed by atoms with Crippen molar-refractivity contribution in [3.63, 3.8) is 0 Å². The summed E-state index contributed by atoms with van der Waals surface area (Å²) in [6, 6.07) is 8.46. The van der Waals surface area contributed by atoms with Crippen molar-refractivity contribution in [2.75, 3.05) is 6.54 Å². The highest BCUT2D eigenvalue weighted by Crippen LogP contribution is 2.28. The largest absolute Gasteiger partial charge is 0.336 e. The fourth-order valence-corrected chi connectivity index (χ4v) is 3.00. The topological polar surface area (TPSA) is 59.0 Å². The van der Waals surface area contributed by atoms with Crippen molar-refractivity contribution in [1.29, 1.82) is 0 Å². The summed E-state index contributed by atoms with van der Waals surface area (Å²) >= 11 is 0. The molecule has 2 N–H and O–H groups in total. The molecule has 2 amide bonds. The van der Waals surface area contributed by atoms with Gasteiger partial charge in [0.2, 0.25) is 0 Å². The van der Waals surface area contributed by atoms with Crippen LogP contribution >= 0.6 is 0 Å². The molecule has 0 radical (unpaired) electrons. The second-order valence-electron chi connectivity index (χ2n) is 5.70. The SMILES string of the molecule is O=C(NCCn1ccnc1)N[C@H]1CCCCc2ccccc21. The lowest BCUT2D eigenvalue weighted by Gasteiger charge is -2.19. The maximum atomic E-state index is 12.1. The maximum Gasteiger partial charge on any atom is 0.315 e. The molecule has 0 spiro atoms. The van der Waals surface area contributed by atoms with Crippen LogP contribution in [0.1, 0.15) is 36.4 Å². The fraction of sp³-hybridized carbons (Fsp3) is 0.412. The molecule has 0 bridgehead atoms. The van der Waals surface area contributed by atoms with Crippen molar-refractivity contribution in [3.8, 4) is 0 Å². The first kappa shape index (κ1) is 14.6. The molecule has 1 heterocycles. The van der Waals surface area contributed by atoms with Gasteiger partial charge >= 0.3 is 6.03 Å². The minimum absolute atomic E-state index is 0.0955. The molecule has 0 aliphatic heterocycles. The molecule has 0 saturated carbocycles. The number of nitrogens with zero attached hydrogens (tertiary/aromatic N) is 2. The molecule has 1 atom stereocenters. The van der Waals surface area contributed by atoms with E-state index in [2.05, 4.69) is 39.9 Å². The number of carbonyl (C=O) groups excluding carboxylic acids is 1. The predicted octanol–water partition coefficient (Wildman–Crippen LogP) is 2.65. The van der Waals surface area contributed by atoms with Crippen LogP contribution in [0.25, 0.3) is 0 Å². The lowest BCUT2D eigenvalue weighted by atomic mass is 9.99. The van der Waals surface area contributed by atoms with Gasteiger partial charge < -0.3 is 15.2 Å². The Kier molecular flexibility index (Phi) is 4.73. The molecule has 0 fully saturated rings. The molecular weight excluding hydrogens is 276 g/mol. The Morgan fingerprint density at radius 2 is 2.23 bits per heavy atom. The number of urea groups is 1. The van der Waals surface area contributed by atoms with E-state index in [-0.39, 0.29) is 12.1 Å². The fourth-order valence-electron chi connectivity index (χ4n) is 3.00. The zero-order valence-corrected chi connectivity index (χ0v) is 12.7. The number of hydrogen-bond donors (Lipinski definition) is 2. The van der Waals surface area contributed by atoms with Gasteiger partial charge in [-0.1, -0.05) is 30.7 Å². The number of fused-ring (bicyclic) bond motifs is 1. The van der Waals surface area contributed by atoms with Gasteiger partial charge in [0.25, 0.3) is 0 Å². The monoisotopic (exact) mass is 298 g/mol. The van der Waals surface area contributed by atoms with Gasteiger partial charge in [0.15, 0.2) is 0 Å². The minimum Gasteiger partial charge on any atom is -0.336 e. The third-order valence-electron chi connectivity index (χ3n) is 4.14. The van der Waals surface area contributed by atoms with E-state index >= 15 is 0 Å². The number of rotatable bonds is 4. The van der Waals surface area contributed by atoms with E-state index in [9.17, 15) is 4.79 Å². The zero-order chi connectivity index (χ0) is 15.2. The average molecular weight is 298 g/mol. The summed E-state index contributed by atoms with van der Waals surface area (Å²) in [4.78, 5) is 16.1. The number of amides is 2. The molecule has 116 valence electrons. The van der Waals surface area contributed by atoms with Crippen molar-refractivity contribution >= 4 is 6.03 Å². The molecular formula is C17H22N4O. The number of imidazole rings is 1. The Balaban J connectivity index is 1.54. The Labute approximate surface area is 130 Å². The smallest absolute Gasteiger partial charge is 0.315 e. The molecule has 5 nitrogen and oxygen atoms in total. The Morgan fingerprint density at radius 1 is 1.32 bits per heavy atom. The second-order valence-corrected chi connectivity index (χ2v) is 5.70. The van der Waals surface area contributed by atoms with Crippen LogP contribution in [0, 0.1) is 0 Å². The minimum atomic E-state index is -0.0955. The highest BCUT2D eigenvalue weighted by molar-refractivity contribution is 5.74. The highest BCUT2D eigenvalue weighted by Gasteiger charge is 2.19. The van der Waals surface area contributed by atoms with E-state index in [0.717, 1.165) is 25.8 Å². The van der Waals surface area contributed by atoms with Crippen molar-refractivity contribution in [3.05, 3.63) is 54.1 Å². The summed E-state index contributed by atoms with van der Waals surface area (Å²) in [5.74, 6) is 0. The van der Waals surface area contributed by atoms with Crippen LogP contribution in [-0.4, -0.2) is 22.1 Å². The molecule has 3 rings (SSSR count). The zero-order valence-electron chi connectivity index (χ0n) is 12.7. The van der Waals surface area contributed by atoms with Gasteiger partial charge in [-0.15, -0.1) is 0 Å². The summed E-state index contributed by atoms with van der Waals surface area (Å²) in [6.45, 7) is 1.32. The van der Waals surface area contributed by atoms with Gasteiger partial charge in [0.05, 0.1) is 12.4 Å². The first-order chi connectivity index (χ1) is 10.8. The lowest BCUT2D eigenvalue weighted by molar-refractivity contribution is 0.236. The number of hydrogen-bond acceptors (Lipinski definition) is 2. The summed E-state index contributed by atoms with van der Waals surface area (Å²) in [7, 11) is 0. The Bertz CT molecular complexity index is 609. The number of carbonyl (C=O) groups is 1.